The molecule has 2 aliphatic rings. The van der Waals surface area contributed by atoms with Crippen molar-refractivity contribution in [1.82, 2.24) is 15.0 Å². The van der Waals surface area contributed by atoms with E-state index in [-0.39, 0.29) is 23.1 Å². The maximum absolute atomic E-state index is 15.3. The fraction of sp³-hybridized carbons (Fsp3) is 0.265. The van der Waals surface area contributed by atoms with Gasteiger partial charge in [-0.15, -0.1) is 6.58 Å². The molecule has 6 heteroatoms. The number of nitriles is 1. The SMILES string of the molecule is C=C(C)C[C@@]1(C)C(=O)C(C#N)=C[C@@]2(C)c3nc(-c4ccnc5ccccc45)nc(-c4ccccc4F)c3CC[C@H]12. The molecule has 2 aromatic heterocycles. The lowest BCUT2D eigenvalue weighted by atomic mass is 9.50. The van der Waals surface area contributed by atoms with Gasteiger partial charge in [-0.1, -0.05) is 55.8 Å². The number of hydrogen-bond donors (Lipinski definition) is 0. The highest BCUT2D eigenvalue weighted by molar-refractivity contribution is 6.05. The number of halogens is 1. The van der Waals surface area contributed by atoms with Crippen LogP contribution in [0.1, 0.15) is 44.9 Å². The van der Waals surface area contributed by atoms with E-state index in [0.29, 0.717) is 36.3 Å². The zero-order valence-corrected chi connectivity index (χ0v) is 22.8. The van der Waals surface area contributed by atoms with Crippen LogP contribution >= 0.6 is 0 Å². The van der Waals surface area contributed by atoms with E-state index < -0.39 is 10.8 Å². The molecule has 0 fully saturated rings. The Bertz CT molecular complexity index is 1800. The summed E-state index contributed by atoms with van der Waals surface area (Å²) in [7, 11) is 0. The van der Waals surface area contributed by atoms with Crippen molar-refractivity contribution >= 4 is 16.7 Å². The minimum Gasteiger partial charge on any atom is -0.293 e. The molecule has 2 heterocycles. The molecule has 2 aromatic carbocycles. The van der Waals surface area contributed by atoms with Crippen molar-refractivity contribution in [2.24, 2.45) is 11.3 Å². The Morgan fingerprint density at radius 2 is 1.85 bits per heavy atom. The van der Waals surface area contributed by atoms with Crippen LogP contribution in [-0.2, 0) is 16.6 Å². The number of Topliss-reactive ketones (excluding diaryl/α,β-unsaturated/α-hetero) is 1. The van der Waals surface area contributed by atoms with Gasteiger partial charge in [0.15, 0.2) is 11.6 Å². The first-order valence-electron chi connectivity index (χ1n) is 13.5. The Morgan fingerprint density at radius 1 is 1.10 bits per heavy atom. The molecule has 0 unspecified atom stereocenters. The molecule has 40 heavy (non-hydrogen) atoms. The van der Waals surface area contributed by atoms with Crippen LogP contribution in [0.5, 0.6) is 0 Å². The van der Waals surface area contributed by atoms with Crippen LogP contribution < -0.4 is 0 Å². The third-order valence-electron chi connectivity index (χ3n) is 8.71. The van der Waals surface area contributed by atoms with E-state index >= 15 is 4.39 Å². The maximum atomic E-state index is 15.3. The summed E-state index contributed by atoms with van der Waals surface area (Å²) in [5.74, 6) is -0.171. The first-order valence-corrected chi connectivity index (χ1v) is 13.5. The van der Waals surface area contributed by atoms with E-state index in [2.05, 4.69) is 24.6 Å². The molecular formula is C34H29FN4O. The zero-order chi connectivity index (χ0) is 28.2. The van der Waals surface area contributed by atoms with Gasteiger partial charge in [-0.05, 0) is 56.4 Å². The molecule has 2 aliphatic carbocycles. The summed E-state index contributed by atoms with van der Waals surface area (Å²) in [5.41, 5.74) is 3.60. The molecule has 0 amide bonds. The van der Waals surface area contributed by atoms with Crippen LogP contribution in [0.2, 0.25) is 0 Å². The number of allylic oxidation sites excluding steroid dienone is 3. The number of benzene rings is 2. The number of hydrogen-bond acceptors (Lipinski definition) is 5. The van der Waals surface area contributed by atoms with Crippen LogP contribution in [0.3, 0.4) is 0 Å². The number of rotatable bonds is 4. The molecule has 0 bridgehead atoms. The van der Waals surface area contributed by atoms with Gasteiger partial charge in [0.2, 0.25) is 0 Å². The van der Waals surface area contributed by atoms with Crippen molar-refractivity contribution < 1.29 is 9.18 Å². The highest BCUT2D eigenvalue weighted by Crippen LogP contribution is 2.57. The number of ketones is 1. The molecule has 3 atom stereocenters. The number of fused-ring (bicyclic) bond motifs is 4. The fourth-order valence-electron chi connectivity index (χ4n) is 7.10. The normalized spacial score (nSPS) is 23.6. The predicted octanol–water partition coefficient (Wildman–Crippen LogP) is 7.32. The molecule has 4 aromatic rings. The number of carbonyl (C=O) groups excluding carboxylic acids is 1. The van der Waals surface area contributed by atoms with Gasteiger partial charge in [0, 0.05) is 39.1 Å². The summed E-state index contributed by atoms with van der Waals surface area (Å²) in [6.45, 7) is 10.0. The summed E-state index contributed by atoms with van der Waals surface area (Å²) in [4.78, 5) is 28.4. The van der Waals surface area contributed by atoms with E-state index in [1.54, 1.807) is 30.5 Å². The Hall–Kier alpha value is -4.50. The van der Waals surface area contributed by atoms with Crippen molar-refractivity contribution in [3.63, 3.8) is 0 Å². The first-order chi connectivity index (χ1) is 19.2. The quantitative estimate of drug-likeness (QED) is 0.259. The van der Waals surface area contributed by atoms with Gasteiger partial charge in [-0.2, -0.15) is 5.26 Å². The molecule has 0 radical (unpaired) electrons. The van der Waals surface area contributed by atoms with E-state index in [1.165, 1.54) is 6.07 Å². The summed E-state index contributed by atoms with van der Waals surface area (Å²) >= 11 is 0. The van der Waals surface area contributed by atoms with Gasteiger partial charge in [0.05, 0.1) is 22.5 Å². The minimum atomic E-state index is -0.815. The molecule has 0 saturated heterocycles. The molecule has 5 nitrogen and oxygen atoms in total. The third-order valence-corrected chi connectivity index (χ3v) is 8.71. The lowest BCUT2D eigenvalue weighted by Gasteiger charge is -2.52. The Balaban J connectivity index is 1.69. The van der Waals surface area contributed by atoms with Crippen LogP contribution in [0.4, 0.5) is 4.39 Å². The number of pyridine rings is 1. The van der Waals surface area contributed by atoms with E-state index in [9.17, 15) is 10.1 Å². The smallest absolute Gasteiger partial charge is 0.179 e. The van der Waals surface area contributed by atoms with Crippen molar-refractivity contribution in [2.45, 2.75) is 45.4 Å². The van der Waals surface area contributed by atoms with Crippen molar-refractivity contribution in [1.29, 1.82) is 5.26 Å². The lowest BCUT2D eigenvalue weighted by molar-refractivity contribution is -0.129. The summed E-state index contributed by atoms with van der Waals surface area (Å²) in [5, 5.41) is 10.9. The standard InChI is InChI=1S/C34H29FN4O/c1-20(2)17-34(4)28-14-13-25-29(24-10-5-7-11-26(24)35)38-32(23-15-16-37-27-12-8-6-9-22(23)27)39-30(25)33(28,3)18-21(19-36)31(34)40/h5-12,15-16,18,28H,1,13-14,17H2,2-4H3/t28-,33+,34+/m0/s1. The average Bonchev–Trinajstić information content (AvgIpc) is 2.94. The van der Waals surface area contributed by atoms with Gasteiger partial charge in [0.1, 0.15) is 11.9 Å². The van der Waals surface area contributed by atoms with Crippen LogP contribution in [0, 0.1) is 28.5 Å². The Kier molecular flexibility index (Phi) is 5.99. The van der Waals surface area contributed by atoms with E-state index in [1.807, 2.05) is 44.2 Å². The van der Waals surface area contributed by atoms with Gasteiger partial charge in [-0.3, -0.25) is 9.78 Å². The van der Waals surface area contributed by atoms with Crippen molar-refractivity contribution in [3.8, 4) is 28.7 Å². The van der Waals surface area contributed by atoms with E-state index in [0.717, 1.165) is 33.3 Å². The Labute approximate surface area is 233 Å². The van der Waals surface area contributed by atoms with Crippen molar-refractivity contribution in [2.75, 3.05) is 0 Å². The lowest BCUT2D eigenvalue weighted by Crippen LogP contribution is -2.53. The fourth-order valence-corrected chi connectivity index (χ4v) is 7.10. The topological polar surface area (TPSA) is 79.5 Å². The summed E-state index contributed by atoms with van der Waals surface area (Å²) < 4.78 is 15.3. The van der Waals surface area contributed by atoms with Crippen molar-refractivity contribution in [3.05, 3.63) is 102 Å². The average molecular weight is 529 g/mol. The largest absolute Gasteiger partial charge is 0.293 e. The minimum absolute atomic E-state index is 0.126. The molecule has 198 valence electrons. The van der Waals surface area contributed by atoms with Gasteiger partial charge in [-0.25, -0.2) is 14.4 Å². The molecular weight excluding hydrogens is 499 g/mol. The molecule has 0 aliphatic heterocycles. The summed E-state index contributed by atoms with van der Waals surface area (Å²) in [6, 6.07) is 18.5. The molecule has 0 N–H and O–H groups in total. The zero-order valence-electron chi connectivity index (χ0n) is 22.8. The number of carbonyl (C=O) groups is 1. The Morgan fingerprint density at radius 3 is 2.60 bits per heavy atom. The number of para-hydroxylation sites is 1. The first kappa shape index (κ1) is 25.8. The number of aromatic nitrogens is 3. The second-order valence-corrected chi connectivity index (χ2v) is 11.5. The van der Waals surface area contributed by atoms with Gasteiger partial charge >= 0.3 is 0 Å². The van der Waals surface area contributed by atoms with Crippen LogP contribution in [0.25, 0.3) is 33.5 Å². The second kappa shape index (κ2) is 9.31. The van der Waals surface area contributed by atoms with E-state index in [4.69, 9.17) is 9.97 Å². The third kappa shape index (κ3) is 3.80. The predicted molar refractivity (Wildman–Crippen MR) is 154 cm³/mol. The summed E-state index contributed by atoms with van der Waals surface area (Å²) in [6.07, 6.45) is 5.27. The molecule has 0 saturated carbocycles. The highest BCUT2D eigenvalue weighted by atomic mass is 19.1. The van der Waals surface area contributed by atoms with Gasteiger partial charge in [0.25, 0.3) is 0 Å². The monoisotopic (exact) mass is 528 g/mol. The van der Waals surface area contributed by atoms with Crippen LogP contribution in [-0.4, -0.2) is 20.7 Å². The maximum Gasteiger partial charge on any atom is 0.179 e. The molecule has 6 rings (SSSR count). The second-order valence-electron chi connectivity index (χ2n) is 11.5. The van der Waals surface area contributed by atoms with Gasteiger partial charge < -0.3 is 0 Å². The highest BCUT2D eigenvalue weighted by Gasteiger charge is 2.57. The number of nitrogens with zero attached hydrogens (tertiary/aromatic N) is 4. The van der Waals surface area contributed by atoms with Crippen LogP contribution in [0.15, 0.2) is 84.6 Å². The molecule has 0 spiro atoms.